The normalized spacial score (nSPS) is 14.6. The van der Waals surface area contributed by atoms with E-state index in [1.807, 2.05) is 30.3 Å². The molecular weight excluding hydrogens is 230 g/mol. The largest absolute Gasteiger partial charge is 0.375 e. The molecule has 68 valence electrons. The van der Waals surface area contributed by atoms with Crippen molar-refractivity contribution >= 4 is 15.9 Å². The van der Waals surface area contributed by atoms with Gasteiger partial charge in [0.25, 0.3) is 0 Å². The fourth-order valence-corrected chi connectivity index (χ4v) is 1.53. The predicted molar refractivity (Wildman–Crippen MR) is 54.1 cm³/mol. The number of nitriles is 1. The summed E-state index contributed by atoms with van der Waals surface area (Å²) in [5.74, 6) is 0. The van der Waals surface area contributed by atoms with Crippen LogP contribution in [0.25, 0.3) is 0 Å². The summed E-state index contributed by atoms with van der Waals surface area (Å²) in [6, 6.07) is 9.42. The molecule has 0 radical (unpaired) electrons. The van der Waals surface area contributed by atoms with Gasteiger partial charge in [0, 0.05) is 10.9 Å². The molecule has 0 fully saturated rings. The Morgan fingerprint density at radius 1 is 1.62 bits per heavy atom. The maximum absolute atomic E-state index is 9.49. The van der Waals surface area contributed by atoms with E-state index in [0.717, 1.165) is 10.0 Å². The van der Waals surface area contributed by atoms with Gasteiger partial charge in [-0.2, -0.15) is 5.26 Å². The Hall–Kier alpha value is -0.850. The minimum absolute atomic E-state index is 0.350. The minimum Gasteiger partial charge on any atom is -0.375 e. The molecule has 0 bridgehead atoms. The van der Waals surface area contributed by atoms with Crippen LogP contribution in [0.15, 0.2) is 28.7 Å². The van der Waals surface area contributed by atoms with Crippen LogP contribution in [-0.2, 0) is 6.42 Å². The van der Waals surface area contributed by atoms with Gasteiger partial charge in [-0.25, -0.2) is 0 Å². The van der Waals surface area contributed by atoms with E-state index in [1.54, 1.807) is 0 Å². The zero-order valence-corrected chi connectivity index (χ0v) is 8.87. The molecule has 0 aliphatic rings. The average molecular weight is 240 g/mol. The first-order valence-electron chi connectivity index (χ1n) is 3.91. The lowest BCUT2D eigenvalue weighted by Gasteiger charge is -2.13. The van der Waals surface area contributed by atoms with Crippen LogP contribution in [0.5, 0.6) is 0 Å². The highest BCUT2D eigenvalue weighted by atomic mass is 79.9. The van der Waals surface area contributed by atoms with Crippen molar-refractivity contribution in [3.05, 3.63) is 34.3 Å². The molecule has 0 aliphatic carbocycles. The molecule has 1 N–H and O–H groups in total. The van der Waals surface area contributed by atoms with Gasteiger partial charge in [-0.1, -0.05) is 28.1 Å². The number of rotatable bonds is 2. The van der Waals surface area contributed by atoms with Gasteiger partial charge < -0.3 is 5.11 Å². The number of hydrogen-bond donors (Lipinski definition) is 1. The van der Waals surface area contributed by atoms with Crippen LogP contribution in [0.2, 0.25) is 0 Å². The molecule has 1 aromatic rings. The van der Waals surface area contributed by atoms with Gasteiger partial charge in [-0.05, 0) is 24.6 Å². The molecular formula is C10H10BrNO. The van der Waals surface area contributed by atoms with Gasteiger partial charge >= 0.3 is 0 Å². The molecule has 2 nitrogen and oxygen atoms in total. The molecule has 1 rings (SSSR count). The zero-order chi connectivity index (χ0) is 9.90. The van der Waals surface area contributed by atoms with E-state index in [0.29, 0.717) is 6.42 Å². The number of nitrogens with zero attached hydrogens (tertiary/aromatic N) is 1. The van der Waals surface area contributed by atoms with Gasteiger partial charge in [0.05, 0.1) is 6.07 Å². The summed E-state index contributed by atoms with van der Waals surface area (Å²) in [6.45, 7) is 1.51. The second-order valence-electron chi connectivity index (χ2n) is 3.19. The molecule has 1 aromatic carbocycles. The van der Waals surface area contributed by atoms with Crippen LogP contribution in [0.3, 0.4) is 0 Å². The monoisotopic (exact) mass is 239 g/mol. The van der Waals surface area contributed by atoms with E-state index in [1.165, 1.54) is 6.92 Å². The van der Waals surface area contributed by atoms with Gasteiger partial charge in [0.1, 0.15) is 0 Å². The van der Waals surface area contributed by atoms with E-state index in [2.05, 4.69) is 15.9 Å². The van der Waals surface area contributed by atoms with Crippen molar-refractivity contribution in [3.63, 3.8) is 0 Å². The molecule has 0 saturated heterocycles. The smallest absolute Gasteiger partial charge is 0.152 e. The fourth-order valence-electron chi connectivity index (χ4n) is 1.08. The molecule has 0 saturated carbocycles. The topological polar surface area (TPSA) is 44.0 Å². The first-order chi connectivity index (χ1) is 6.03. The molecule has 0 heterocycles. The minimum atomic E-state index is -1.28. The van der Waals surface area contributed by atoms with Crippen molar-refractivity contribution in [2.24, 2.45) is 0 Å². The van der Waals surface area contributed by atoms with E-state index >= 15 is 0 Å². The lowest BCUT2D eigenvalue weighted by Crippen LogP contribution is -2.24. The summed E-state index contributed by atoms with van der Waals surface area (Å²) < 4.78 is 0.957. The molecule has 3 heteroatoms. The summed E-state index contributed by atoms with van der Waals surface area (Å²) in [5.41, 5.74) is -0.332. The van der Waals surface area contributed by atoms with E-state index < -0.39 is 5.60 Å². The summed E-state index contributed by atoms with van der Waals surface area (Å²) in [7, 11) is 0. The Morgan fingerprint density at radius 3 is 2.85 bits per heavy atom. The number of benzene rings is 1. The highest BCUT2D eigenvalue weighted by Crippen LogP contribution is 2.16. The SMILES string of the molecule is C[C@](O)(C#N)Cc1cccc(Br)c1. The molecule has 1 atom stereocenters. The average Bonchev–Trinajstić information content (AvgIpc) is 2.03. The molecule has 0 aromatic heterocycles. The maximum atomic E-state index is 9.49. The first-order valence-corrected chi connectivity index (χ1v) is 4.71. The number of hydrogen-bond acceptors (Lipinski definition) is 2. The molecule has 0 unspecified atom stereocenters. The lowest BCUT2D eigenvalue weighted by atomic mass is 9.98. The Morgan fingerprint density at radius 2 is 2.31 bits per heavy atom. The quantitative estimate of drug-likeness (QED) is 0.806. The predicted octanol–water partition coefficient (Wildman–Crippen LogP) is 2.27. The van der Waals surface area contributed by atoms with Crippen molar-refractivity contribution in [3.8, 4) is 6.07 Å². The Kier molecular flexibility index (Phi) is 3.07. The number of halogens is 1. The summed E-state index contributed by atoms with van der Waals surface area (Å²) >= 11 is 3.33. The van der Waals surface area contributed by atoms with Crippen molar-refractivity contribution in [1.29, 1.82) is 5.26 Å². The van der Waals surface area contributed by atoms with Crippen LogP contribution < -0.4 is 0 Å². The van der Waals surface area contributed by atoms with Gasteiger partial charge in [0.2, 0.25) is 0 Å². The second kappa shape index (κ2) is 3.91. The zero-order valence-electron chi connectivity index (χ0n) is 7.29. The lowest BCUT2D eigenvalue weighted by molar-refractivity contribution is 0.120. The molecule has 13 heavy (non-hydrogen) atoms. The maximum Gasteiger partial charge on any atom is 0.152 e. The highest BCUT2D eigenvalue weighted by Gasteiger charge is 2.19. The summed E-state index contributed by atoms with van der Waals surface area (Å²) in [4.78, 5) is 0. The van der Waals surface area contributed by atoms with Gasteiger partial charge in [-0.15, -0.1) is 0 Å². The van der Waals surface area contributed by atoms with Crippen molar-refractivity contribution in [1.82, 2.24) is 0 Å². The van der Waals surface area contributed by atoms with Crippen LogP contribution in [0, 0.1) is 11.3 Å². The van der Waals surface area contributed by atoms with E-state index in [-0.39, 0.29) is 0 Å². The third-order valence-corrected chi connectivity index (χ3v) is 2.17. The molecule has 0 aliphatic heterocycles. The van der Waals surface area contributed by atoms with Gasteiger partial charge in [0.15, 0.2) is 5.60 Å². The Bertz CT molecular complexity index is 341. The molecule has 0 amide bonds. The first kappa shape index (κ1) is 10.2. The Balaban J connectivity index is 2.82. The summed E-state index contributed by atoms with van der Waals surface area (Å²) in [5, 5.41) is 18.1. The van der Waals surface area contributed by atoms with Crippen LogP contribution in [-0.4, -0.2) is 10.7 Å². The van der Waals surface area contributed by atoms with Crippen molar-refractivity contribution in [2.45, 2.75) is 18.9 Å². The fraction of sp³-hybridized carbons (Fsp3) is 0.300. The van der Waals surface area contributed by atoms with Crippen LogP contribution in [0.4, 0.5) is 0 Å². The van der Waals surface area contributed by atoms with Crippen molar-refractivity contribution < 1.29 is 5.11 Å². The third kappa shape index (κ3) is 3.17. The number of aliphatic hydroxyl groups is 1. The standard InChI is InChI=1S/C10H10BrNO/c1-10(13,7-12)6-8-3-2-4-9(11)5-8/h2-5,13H,6H2,1H3/t10-/m1/s1. The van der Waals surface area contributed by atoms with E-state index in [9.17, 15) is 5.11 Å². The third-order valence-electron chi connectivity index (χ3n) is 1.68. The van der Waals surface area contributed by atoms with E-state index in [4.69, 9.17) is 5.26 Å². The van der Waals surface area contributed by atoms with Gasteiger partial charge in [-0.3, -0.25) is 0 Å². The summed E-state index contributed by atoms with van der Waals surface area (Å²) in [6.07, 6.45) is 0.350. The Labute approximate surface area is 85.9 Å². The van der Waals surface area contributed by atoms with Crippen LogP contribution >= 0.6 is 15.9 Å². The highest BCUT2D eigenvalue weighted by molar-refractivity contribution is 9.10. The molecule has 0 spiro atoms. The second-order valence-corrected chi connectivity index (χ2v) is 4.11. The van der Waals surface area contributed by atoms with Crippen molar-refractivity contribution in [2.75, 3.05) is 0 Å². The van der Waals surface area contributed by atoms with Crippen LogP contribution in [0.1, 0.15) is 12.5 Å².